The van der Waals surface area contributed by atoms with E-state index in [2.05, 4.69) is 4.74 Å². The van der Waals surface area contributed by atoms with Crippen LogP contribution in [0.5, 0.6) is 0 Å². The van der Waals surface area contributed by atoms with Gasteiger partial charge in [0.15, 0.2) is 0 Å². The molecule has 0 aromatic heterocycles. The molecule has 0 saturated heterocycles. The molecule has 0 radical (unpaired) electrons. The average molecular weight is 360 g/mol. The number of esters is 1. The van der Waals surface area contributed by atoms with Gasteiger partial charge in [-0.05, 0) is 31.8 Å². The van der Waals surface area contributed by atoms with Crippen molar-refractivity contribution in [2.24, 2.45) is 11.8 Å². The van der Waals surface area contributed by atoms with E-state index in [1.807, 2.05) is 36.5 Å². The fourth-order valence-electron chi connectivity index (χ4n) is 2.91. The van der Waals surface area contributed by atoms with Crippen LogP contribution in [-0.2, 0) is 19.1 Å². The van der Waals surface area contributed by atoms with Crippen LogP contribution in [0.2, 0.25) is 0 Å². The van der Waals surface area contributed by atoms with Crippen molar-refractivity contribution in [3.05, 3.63) is 48.6 Å². The number of ketones is 1. The molecule has 1 N–H and O–H groups in total. The summed E-state index contributed by atoms with van der Waals surface area (Å²) in [7, 11) is 1.38. The molecule has 1 aliphatic carbocycles. The number of carbonyl (C=O) groups excluding carboxylic acids is 3. The summed E-state index contributed by atoms with van der Waals surface area (Å²) in [6, 6.07) is 0. The molecule has 0 aliphatic heterocycles. The van der Waals surface area contributed by atoms with Gasteiger partial charge < -0.3 is 9.84 Å². The Kier molecular flexibility index (Phi) is 10.9. The Bertz CT molecular complexity index is 571. The summed E-state index contributed by atoms with van der Waals surface area (Å²) < 4.78 is 4.56. The number of carbonyl (C=O) groups is 3. The molecule has 26 heavy (non-hydrogen) atoms. The molecule has 1 rings (SSSR count). The van der Waals surface area contributed by atoms with Crippen molar-refractivity contribution >= 4 is 18.0 Å². The van der Waals surface area contributed by atoms with Crippen LogP contribution in [0.1, 0.15) is 38.5 Å². The summed E-state index contributed by atoms with van der Waals surface area (Å²) >= 11 is 0. The van der Waals surface area contributed by atoms with Crippen LogP contribution in [-0.4, -0.2) is 36.4 Å². The second kappa shape index (κ2) is 13.0. The van der Waals surface area contributed by atoms with Gasteiger partial charge in [-0.25, -0.2) is 0 Å². The van der Waals surface area contributed by atoms with E-state index < -0.39 is 6.10 Å². The van der Waals surface area contributed by atoms with Gasteiger partial charge in [0.05, 0.1) is 13.2 Å². The number of aliphatic hydroxyl groups is 1. The highest BCUT2D eigenvalue weighted by Crippen LogP contribution is 2.33. The number of aldehydes is 1. The van der Waals surface area contributed by atoms with E-state index in [0.29, 0.717) is 25.5 Å². The van der Waals surface area contributed by atoms with Crippen molar-refractivity contribution in [1.82, 2.24) is 0 Å². The molecule has 0 bridgehead atoms. The number of ether oxygens (including phenoxy) is 1. The van der Waals surface area contributed by atoms with Crippen molar-refractivity contribution in [3.63, 3.8) is 0 Å². The van der Waals surface area contributed by atoms with Gasteiger partial charge in [-0.3, -0.25) is 14.4 Å². The second-order valence-electron chi connectivity index (χ2n) is 6.18. The quantitative estimate of drug-likeness (QED) is 0.265. The highest BCUT2D eigenvalue weighted by Gasteiger charge is 2.38. The number of rotatable bonds is 11. The number of hydrogen-bond acceptors (Lipinski definition) is 5. The van der Waals surface area contributed by atoms with Crippen molar-refractivity contribution < 1.29 is 24.2 Å². The van der Waals surface area contributed by atoms with Gasteiger partial charge in [0, 0.05) is 24.7 Å². The minimum Gasteiger partial charge on any atom is -0.469 e. The molecule has 0 heterocycles. The SMILES string of the molecule is COC(=O)CC/C=C/C/C=C/C/C=C/CC1C(=O)CC(O)C1/C=C/C=O. The van der Waals surface area contributed by atoms with Gasteiger partial charge in [0.2, 0.25) is 0 Å². The first kappa shape index (κ1) is 21.8. The Balaban J connectivity index is 2.26. The Hall–Kier alpha value is -2.27. The molecular weight excluding hydrogens is 332 g/mol. The zero-order chi connectivity index (χ0) is 19.2. The van der Waals surface area contributed by atoms with E-state index >= 15 is 0 Å². The molecule has 3 unspecified atom stereocenters. The Morgan fingerprint density at radius 1 is 1.15 bits per heavy atom. The molecule has 5 heteroatoms. The summed E-state index contributed by atoms with van der Waals surface area (Å²) in [6.45, 7) is 0. The molecule has 1 fully saturated rings. The second-order valence-corrected chi connectivity index (χ2v) is 6.18. The maximum atomic E-state index is 11.9. The van der Waals surface area contributed by atoms with Crippen molar-refractivity contribution in [2.45, 2.75) is 44.6 Å². The van der Waals surface area contributed by atoms with E-state index in [9.17, 15) is 19.5 Å². The topological polar surface area (TPSA) is 80.7 Å². The highest BCUT2D eigenvalue weighted by molar-refractivity contribution is 5.85. The maximum Gasteiger partial charge on any atom is 0.305 e. The Morgan fingerprint density at radius 3 is 2.46 bits per heavy atom. The predicted octanol–water partition coefficient (Wildman–Crippen LogP) is 3.10. The number of Topliss-reactive ketones (excluding diaryl/α,β-unsaturated/α-hetero) is 1. The molecular formula is C21H28O5. The first-order chi connectivity index (χ1) is 12.6. The summed E-state index contributed by atoms with van der Waals surface area (Å²) in [5.41, 5.74) is 0. The zero-order valence-corrected chi connectivity index (χ0v) is 15.3. The summed E-state index contributed by atoms with van der Waals surface area (Å²) in [6.07, 6.45) is 18.3. The number of allylic oxidation sites excluding steroid dienone is 7. The lowest BCUT2D eigenvalue weighted by molar-refractivity contribution is -0.140. The highest BCUT2D eigenvalue weighted by atomic mass is 16.5. The molecule has 142 valence electrons. The third kappa shape index (κ3) is 8.21. The average Bonchev–Trinajstić information content (AvgIpc) is 2.90. The van der Waals surface area contributed by atoms with Crippen molar-refractivity contribution in [3.8, 4) is 0 Å². The van der Waals surface area contributed by atoms with Crippen molar-refractivity contribution in [2.75, 3.05) is 7.11 Å². The van der Waals surface area contributed by atoms with E-state index in [1.165, 1.54) is 13.2 Å². The fourth-order valence-corrected chi connectivity index (χ4v) is 2.91. The van der Waals surface area contributed by atoms with Crippen LogP contribution >= 0.6 is 0 Å². The third-order valence-electron chi connectivity index (χ3n) is 4.32. The third-order valence-corrected chi connectivity index (χ3v) is 4.32. The largest absolute Gasteiger partial charge is 0.469 e. The van der Waals surface area contributed by atoms with E-state index in [4.69, 9.17) is 0 Å². The Morgan fingerprint density at radius 2 is 1.81 bits per heavy atom. The molecule has 0 amide bonds. The summed E-state index contributed by atoms with van der Waals surface area (Å²) in [5.74, 6) is -0.676. The lowest BCUT2D eigenvalue weighted by Crippen LogP contribution is -2.17. The van der Waals surface area contributed by atoms with Gasteiger partial charge in [-0.15, -0.1) is 0 Å². The molecule has 0 aromatic rings. The molecule has 5 nitrogen and oxygen atoms in total. The molecule has 1 saturated carbocycles. The van der Waals surface area contributed by atoms with Crippen LogP contribution in [0.4, 0.5) is 0 Å². The lowest BCUT2D eigenvalue weighted by atomic mass is 9.90. The molecule has 0 aromatic carbocycles. The monoisotopic (exact) mass is 360 g/mol. The van der Waals surface area contributed by atoms with Gasteiger partial charge in [0.1, 0.15) is 12.1 Å². The maximum absolute atomic E-state index is 11.9. The lowest BCUT2D eigenvalue weighted by Gasteiger charge is -2.15. The van der Waals surface area contributed by atoms with Gasteiger partial charge >= 0.3 is 5.97 Å². The number of methoxy groups -OCH3 is 1. The molecule has 0 spiro atoms. The molecule has 3 atom stereocenters. The van der Waals surface area contributed by atoms with E-state index in [0.717, 1.165) is 12.8 Å². The molecule has 1 aliphatic rings. The minimum atomic E-state index is -0.692. The fraction of sp³-hybridized carbons (Fsp3) is 0.476. The number of hydrogen-bond donors (Lipinski definition) is 1. The van der Waals surface area contributed by atoms with Crippen LogP contribution in [0.15, 0.2) is 48.6 Å². The van der Waals surface area contributed by atoms with Crippen LogP contribution in [0.3, 0.4) is 0 Å². The summed E-state index contributed by atoms with van der Waals surface area (Å²) in [4.78, 5) is 33.3. The van der Waals surface area contributed by atoms with E-state index in [1.54, 1.807) is 6.08 Å². The van der Waals surface area contributed by atoms with Gasteiger partial charge in [0.25, 0.3) is 0 Å². The normalized spacial score (nSPS) is 23.8. The van der Waals surface area contributed by atoms with Crippen LogP contribution in [0, 0.1) is 11.8 Å². The van der Waals surface area contributed by atoms with Crippen LogP contribution in [0.25, 0.3) is 0 Å². The minimum absolute atomic E-state index is 0.0512. The van der Waals surface area contributed by atoms with Crippen molar-refractivity contribution in [1.29, 1.82) is 0 Å². The van der Waals surface area contributed by atoms with Gasteiger partial charge in [-0.2, -0.15) is 0 Å². The summed E-state index contributed by atoms with van der Waals surface area (Å²) in [5, 5.41) is 9.91. The zero-order valence-electron chi connectivity index (χ0n) is 15.3. The first-order valence-corrected chi connectivity index (χ1v) is 8.94. The standard InChI is InChI=1S/C21H28O5/c1-26-21(25)14-10-8-6-4-2-3-5-7-9-12-17-18(13-11-15-22)20(24)16-19(17)23/h2-3,6-9,11,13,15,17-18,20,24H,4-5,10,12,14,16H2,1H3/b3-2+,8-6+,9-7+,13-11+. The smallest absolute Gasteiger partial charge is 0.305 e. The Labute approximate surface area is 155 Å². The first-order valence-electron chi connectivity index (χ1n) is 8.94. The predicted molar refractivity (Wildman–Crippen MR) is 100 cm³/mol. The van der Waals surface area contributed by atoms with E-state index in [-0.39, 0.29) is 30.0 Å². The van der Waals surface area contributed by atoms with Crippen LogP contribution < -0.4 is 0 Å². The number of aliphatic hydroxyl groups excluding tert-OH is 1. The van der Waals surface area contributed by atoms with Gasteiger partial charge in [-0.1, -0.05) is 42.5 Å².